The minimum Gasteiger partial charge on any atom is -0.332 e. The maximum atomic E-state index is 12.3. The van der Waals surface area contributed by atoms with Crippen LogP contribution < -0.4 is 5.73 Å². The van der Waals surface area contributed by atoms with Crippen LogP contribution >= 0.6 is 0 Å². The second-order valence-electron chi connectivity index (χ2n) is 4.29. The molecule has 0 spiro atoms. The van der Waals surface area contributed by atoms with Crippen LogP contribution in [-0.2, 0) is 4.79 Å². The van der Waals surface area contributed by atoms with Gasteiger partial charge in [0.05, 0.1) is 6.04 Å². The van der Waals surface area contributed by atoms with Crippen LogP contribution in [0.3, 0.4) is 0 Å². The van der Waals surface area contributed by atoms with Crippen LogP contribution in [0, 0.1) is 5.92 Å². The SMILES string of the molecule is CCCN(CC(F)(F)F)C(=O)C(N)C(C)CC. The summed E-state index contributed by atoms with van der Waals surface area (Å²) in [5, 5.41) is 0. The molecule has 2 atom stereocenters. The van der Waals surface area contributed by atoms with Crippen LogP contribution in [0.5, 0.6) is 0 Å². The van der Waals surface area contributed by atoms with Crippen molar-refractivity contribution in [3.05, 3.63) is 0 Å². The third-order valence-electron chi connectivity index (χ3n) is 2.72. The molecule has 0 aliphatic rings. The zero-order chi connectivity index (χ0) is 13.6. The summed E-state index contributed by atoms with van der Waals surface area (Å²) in [5.41, 5.74) is 5.66. The molecule has 3 nitrogen and oxygen atoms in total. The Morgan fingerprint density at radius 1 is 1.35 bits per heavy atom. The number of amides is 1. The number of hydrogen-bond donors (Lipinski definition) is 1. The van der Waals surface area contributed by atoms with Crippen LogP contribution in [0.4, 0.5) is 13.2 Å². The van der Waals surface area contributed by atoms with Gasteiger partial charge in [-0.1, -0.05) is 27.2 Å². The second-order valence-corrected chi connectivity index (χ2v) is 4.29. The quantitative estimate of drug-likeness (QED) is 0.789. The largest absolute Gasteiger partial charge is 0.406 e. The number of hydrogen-bond acceptors (Lipinski definition) is 2. The molecule has 0 rings (SSSR count). The lowest BCUT2D eigenvalue weighted by Gasteiger charge is -2.28. The number of nitrogens with two attached hydrogens (primary N) is 1. The summed E-state index contributed by atoms with van der Waals surface area (Å²) in [6.45, 7) is 4.21. The molecule has 6 heteroatoms. The molecule has 1 amide bonds. The van der Waals surface area contributed by atoms with E-state index in [1.54, 1.807) is 13.8 Å². The van der Waals surface area contributed by atoms with E-state index in [-0.39, 0.29) is 12.5 Å². The molecule has 0 fully saturated rings. The highest BCUT2D eigenvalue weighted by Gasteiger charge is 2.35. The van der Waals surface area contributed by atoms with E-state index in [0.29, 0.717) is 12.8 Å². The minimum atomic E-state index is -4.37. The molecule has 0 aliphatic heterocycles. The molecule has 0 saturated heterocycles. The third-order valence-corrected chi connectivity index (χ3v) is 2.72. The number of nitrogens with zero attached hydrogens (tertiary/aromatic N) is 1. The van der Waals surface area contributed by atoms with Crippen molar-refractivity contribution in [1.82, 2.24) is 4.90 Å². The van der Waals surface area contributed by atoms with E-state index in [9.17, 15) is 18.0 Å². The summed E-state index contributed by atoms with van der Waals surface area (Å²) < 4.78 is 36.9. The zero-order valence-electron chi connectivity index (χ0n) is 10.5. The molecule has 17 heavy (non-hydrogen) atoms. The van der Waals surface area contributed by atoms with Gasteiger partial charge in [0.15, 0.2) is 0 Å². The number of carbonyl (C=O) groups is 1. The van der Waals surface area contributed by atoms with Gasteiger partial charge in [0.2, 0.25) is 5.91 Å². The summed E-state index contributed by atoms with van der Waals surface area (Å²) in [6.07, 6.45) is -3.23. The Morgan fingerprint density at radius 3 is 2.24 bits per heavy atom. The zero-order valence-corrected chi connectivity index (χ0v) is 10.5. The smallest absolute Gasteiger partial charge is 0.332 e. The van der Waals surface area contributed by atoms with Gasteiger partial charge in [-0.2, -0.15) is 13.2 Å². The molecule has 102 valence electrons. The van der Waals surface area contributed by atoms with Gasteiger partial charge >= 0.3 is 6.18 Å². The van der Waals surface area contributed by atoms with Gasteiger partial charge in [0, 0.05) is 6.54 Å². The van der Waals surface area contributed by atoms with Gasteiger partial charge < -0.3 is 10.6 Å². The van der Waals surface area contributed by atoms with Crippen molar-refractivity contribution < 1.29 is 18.0 Å². The van der Waals surface area contributed by atoms with E-state index in [0.717, 1.165) is 4.90 Å². The first kappa shape index (κ1) is 16.2. The molecular formula is C11H21F3N2O. The summed E-state index contributed by atoms with van der Waals surface area (Å²) in [7, 11) is 0. The summed E-state index contributed by atoms with van der Waals surface area (Å²) in [4.78, 5) is 12.6. The minimum absolute atomic E-state index is 0.0858. The molecule has 0 aromatic carbocycles. The van der Waals surface area contributed by atoms with E-state index in [1.165, 1.54) is 0 Å². The highest BCUT2D eigenvalue weighted by Crippen LogP contribution is 2.18. The topological polar surface area (TPSA) is 46.3 Å². The first-order chi connectivity index (χ1) is 7.72. The predicted octanol–water partition coefficient (Wildman–Crippen LogP) is 2.16. The van der Waals surface area contributed by atoms with Crippen molar-refractivity contribution in [3.63, 3.8) is 0 Å². The number of alkyl halides is 3. The molecule has 0 heterocycles. The van der Waals surface area contributed by atoms with Crippen molar-refractivity contribution in [3.8, 4) is 0 Å². The van der Waals surface area contributed by atoms with Crippen molar-refractivity contribution in [2.24, 2.45) is 11.7 Å². The summed E-state index contributed by atoms with van der Waals surface area (Å²) in [6, 6.07) is -0.853. The van der Waals surface area contributed by atoms with E-state index in [1.807, 2.05) is 6.92 Å². The lowest BCUT2D eigenvalue weighted by molar-refractivity contribution is -0.162. The highest BCUT2D eigenvalue weighted by atomic mass is 19.4. The number of halogens is 3. The fourth-order valence-electron chi connectivity index (χ4n) is 1.46. The van der Waals surface area contributed by atoms with Crippen molar-refractivity contribution in [2.45, 2.75) is 45.8 Å². The van der Waals surface area contributed by atoms with E-state index >= 15 is 0 Å². The molecule has 0 aromatic heterocycles. The standard InChI is InChI=1S/C11H21F3N2O/c1-4-6-16(7-11(12,13)14)10(17)9(15)8(3)5-2/h8-9H,4-7,15H2,1-3H3. The van der Waals surface area contributed by atoms with Crippen LogP contribution in [0.2, 0.25) is 0 Å². The molecule has 0 saturated carbocycles. The maximum Gasteiger partial charge on any atom is 0.406 e. The highest BCUT2D eigenvalue weighted by molar-refractivity contribution is 5.82. The average Bonchev–Trinajstić information content (AvgIpc) is 2.23. The van der Waals surface area contributed by atoms with Gasteiger partial charge in [-0.25, -0.2) is 0 Å². The molecule has 0 aliphatic carbocycles. The maximum absolute atomic E-state index is 12.3. The Balaban J connectivity index is 4.64. The molecule has 0 radical (unpaired) electrons. The Bertz CT molecular complexity index is 243. The molecule has 2 unspecified atom stereocenters. The van der Waals surface area contributed by atoms with E-state index in [2.05, 4.69) is 0 Å². The van der Waals surface area contributed by atoms with Crippen molar-refractivity contribution >= 4 is 5.91 Å². The van der Waals surface area contributed by atoms with Gasteiger partial charge in [0.25, 0.3) is 0 Å². The molecular weight excluding hydrogens is 233 g/mol. The Labute approximate surface area is 100 Å². The fraction of sp³-hybridized carbons (Fsp3) is 0.909. The molecule has 0 aromatic rings. The lowest BCUT2D eigenvalue weighted by Crippen LogP contribution is -2.50. The van der Waals surface area contributed by atoms with Gasteiger partial charge in [-0.15, -0.1) is 0 Å². The fourth-order valence-corrected chi connectivity index (χ4v) is 1.46. The van der Waals surface area contributed by atoms with Crippen LogP contribution in [0.1, 0.15) is 33.6 Å². The Kier molecular flexibility index (Phi) is 6.52. The van der Waals surface area contributed by atoms with Crippen LogP contribution in [0.25, 0.3) is 0 Å². The van der Waals surface area contributed by atoms with Crippen molar-refractivity contribution in [2.75, 3.05) is 13.1 Å². The molecule has 2 N–H and O–H groups in total. The van der Waals surface area contributed by atoms with Gasteiger partial charge in [-0.3, -0.25) is 4.79 Å². The Morgan fingerprint density at radius 2 is 1.88 bits per heavy atom. The summed E-state index contributed by atoms with van der Waals surface area (Å²) in [5.74, 6) is -0.728. The monoisotopic (exact) mass is 254 g/mol. The second kappa shape index (κ2) is 6.83. The normalized spacial score (nSPS) is 15.5. The van der Waals surface area contributed by atoms with E-state index < -0.39 is 24.7 Å². The first-order valence-electron chi connectivity index (χ1n) is 5.84. The van der Waals surface area contributed by atoms with Gasteiger partial charge in [0.1, 0.15) is 6.54 Å². The van der Waals surface area contributed by atoms with E-state index in [4.69, 9.17) is 5.73 Å². The number of rotatable bonds is 6. The first-order valence-corrected chi connectivity index (χ1v) is 5.84. The van der Waals surface area contributed by atoms with Crippen LogP contribution in [-0.4, -0.2) is 36.1 Å². The molecule has 0 bridgehead atoms. The van der Waals surface area contributed by atoms with Gasteiger partial charge in [-0.05, 0) is 12.3 Å². The van der Waals surface area contributed by atoms with Crippen molar-refractivity contribution in [1.29, 1.82) is 0 Å². The predicted molar refractivity (Wildman–Crippen MR) is 60.4 cm³/mol. The summed E-state index contributed by atoms with van der Waals surface area (Å²) >= 11 is 0. The number of carbonyl (C=O) groups excluding carboxylic acids is 1. The average molecular weight is 254 g/mol. The third kappa shape index (κ3) is 5.91. The lowest BCUT2D eigenvalue weighted by atomic mass is 9.99. The Hall–Kier alpha value is -0.780. The van der Waals surface area contributed by atoms with Crippen LogP contribution in [0.15, 0.2) is 0 Å².